The van der Waals surface area contributed by atoms with Crippen molar-refractivity contribution in [3.05, 3.63) is 30.4 Å². The maximum atomic E-state index is 9.56. The van der Waals surface area contributed by atoms with Gasteiger partial charge in [0, 0.05) is 18.0 Å². The second-order valence-electron chi connectivity index (χ2n) is 5.94. The molecular formula is C15H25N3O. The zero-order valence-corrected chi connectivity index (χ0v) is 12.6. The number of aliphatic hydroxyl groups excluding tert-OH is 1. The molecule has 1 aromatic rings. The molecule has 0 aromatic carbocycles. The number of aliphatic hydroxyl groups is 1. The summed E-state index contributed by atoms with van der Waals surface area (Å²) in [5.74, 6) is 1.02. The topological polar surface area (TPSA) is 49.2 Å². The molecule has 1 rings (SSSR count). The lowest BCUT2D eigenvalue weighted by molar-refractivity contribution is 0.275. The molecule has 4 nitrogen and oxygen atoms in total. The summed E-state index contributed by atoms with van der Waals surface area (Å²) >= 11 is 0. The summed E-state index contributed by atoms with van der Waals surface area (Å²) in [6, 6.07) is 0. The fourth-order valence-corrected chi connectivity index (χ4v) is 1.91. The van der Waals surface area contributed by atoms with Gasteiger partial charge in [-0.3, -0.25) is 0 Å². The monoisotopic (exact) mass is 263 g/mol. The maximum Gasteiger partial charge on any atom is 0.131 e. The smallest absolute Gasteiger partial charge is 0.131 e. The molecule has 0 saturated carbocycles. The molecule has 1 N–H and O–H groups in total. The number of anilines is 1. The van der Waals surface area contributed by atoms with Gasteiger partial charge in [0.1, 0.15) is 5.82 Å². The van der Waals surface area contributed by atoms with Crippen LogP contribution in [-0.2, 0) is 6.61 Å². The molecule has 19 heavy (non-hydrogen) atoms. The minimum atomic E-state index is -0.0825. The highest BCUT2D eigenvalue weighted by Crippen LogP contribution is 2.27. The Morgan fingerprint density at radius 2 is 2.05 bits per heavy atom. The fraction of sp³-hybridized carbons (Fsp3) is 0.600. The summed E-state index contributed by atoms with van der Waals surface area (Å²) in [5.41, 5.74) is 1.47. The van der Waals surface area contributed by atoms with Crippen molar-refractivity contribution >= 4 is 5.69 Å². The van der Waals surface area contributed by atoms with Crippen molar-refractivity contribution in [1.82, 2.24) is 9.97 Å². The molecular weight excluding hydrogens is 238 g/mol. The van der Waals surface area contributed by atoms with Crippen LogP contribution in [-0.4, -0.2) is 27.2 Å². The second-order valence-corrected chi connectivity index (χ2v) is 5.94. The molecule has 0 atom stereocenters. The molecule has 1 heterocycles. The fourth-order valence-electron chi connectivity index (χ4n) is 1.91. The van der Waals surface area contributed by atoms with E-state index in [2.05, 4.69) is 42.2 Å². The van der Waals surface area contributed by atoms with E-state index in [9.17, 15) is 5.11 Å². The first kappa shape index (κ1) is 15.6. The Morgan fingerprint density at radius 1 is 1.42 bits per heavy atom. The van der Waals surface area contributed by atoms with Crippen molar-refractivity contribution in [1.29, 1.82) is 0 Å². The van der Waals surface area contributed by atoms with Crippen LogP contribution in [0.25, 0.3) is 0 Å². The summed E-state index contributed by atoms with van der Waals surface area (Å²) in [5, 5.41) is 9.56. The van der Waals surface area contributed by atoms with E-state index in [-0.39, 0.29) is 18.1 Å². The summed E-state index contributed by atoms with van der Waals surface area (Å²) in [7, 11) is 0. The van der Waals surface area contributed by atoms with Crippen molar-refractivity contribution in [2.75, 3.05) is 11.4 Å². The summed E-state index contributed by atoms with van der Waals surface area (Å²) in [4.78, 5) is 11.0. The van der Waals surface area contributed by atoms with E-state index in [4.69, 9.17) is 0 Å². The zero-order chi connectivity index (χ0) is 14.6. The Bertz CT molecular complexity index is 436. The van der Waals surface area contributed by atoms with E-state index in [0.29, 0.717) is 12.2 Å². The minimum absolute atomic E-state index is 0.0820. The largest absolute Gasteiger partial charge is 0.390 e. The summed E-state index contributed by atoms with van der Waals surface area (Å²) < 4.78 is 0. The quantitative estimate of drug-likeness (QED) is 0.830. The van der Waals surface area contributed by atoms with Crippen LogP contribution in [0, 0.1) is 0 Å². The second kappa shape index (κ2) is 6.15. The average Bonchev–Trinajstić information content (AvgIpc) is 2.33. The van der Waals surface area contributed by atoms with Crippen molar-refractivity contribution in [3.8, 4) is 0 Å². The van der Waals surface area contributed by atoms with Gasteiger partial charge in [-0.05, 0) is 20.8 Å². The SMILES string of the molecule is C=CCN(c1cnc(C(C)C)nc1CO)C(C)(C)C. The Morgan fingerprint density at radius 3 is 2.47 bits per heavy atom. The lowest BCUT2D eigenvalue weighted by Gasteiger charge is -2.37. The van der Waals surface area contributed by atoms with Crippen molar-refractivity contribution in [2.45, 2.75) is 52.7 Å². The van der Waals surface area contributed by atoms with E-state index in [1.165, 1.54) is 0 Å². The molecule has 0 radical (unpaired) electrons. The van der Waals surface area contributed by atoms with Gasteiger partial charge in [-0.2, -0.15) is 0 Å². The third-order valence-electron chi connectivity index (χ3n) is 2.94. The Balaban J connectivity index is 3.27. The average molecular weight is 263 g/mol. The summed E-state index contributed by atoms with van der Waals surface area (Å²) in [6.45, 7) is 14.9. The molecule has 1 aromatic heterocycles. The number of hydrogen-bond acceptors (Lipinski definition) is 4. The van der Waals surface area contributed by atoms with Gasteiger partial charge in [0.15, 0.2) is 0 Å². The minimum Gasteiger partial charge on any atom is -0.390 e. The first-order valence-electron chi connectivity index (χ1n) is 6.66. The molecule has 0 spiro atoms. The van der Waals surface area contributed by atoms with Gasteiger partial charge in [0.05, 0.1) is 24.2 Å². The third-order valence-corrected chi connectivity index (χ3v) is 2.94. The molecule has 0 bridgehead atoms. The molecule has 106 valence electrons. The predicted molar refractivity (Wildman–Crippen MR) is 79.3 cm³/mol. The van der Waals surface area contributed by atoms with Crippen LogP contribution >= 0.6 is 0 Å². The van der Waals surface area contributed by atoms with Gasteiger partial charge in [-0.15, -0.1) is 6.58 Å². The van der Waals surface area contributed by atoms with Crippen LogP contribution in [0.1, 0.15) is 52.1 Å². The van der Waals surface area contributed by atoms with Gasteiger partial charge < -0.3 is 10.0 Å². The van der Waals surface area contributed by atoms with Crippen molar-refractivity contribution in [2.24, 2.45) is 0 Å². The maximum absolute atomic E-state index is 9.56. The molecule has 0 aliphatic rings. The van der Waals surface area contributed by atoms with Gasteiger partial charge in [0.2, 0.25) is 0 Å². The molecule has 4 heteroatoms. The van der Waals surface area contributed by atoms with E-state index in [1.807, 2.05) is 26.1 Å². The Kier molecular flexibility index (Phi) is 5.06. The summed E-state index contributed by atoms with van der Waals surface area (Å²) in [6.07, 6.45) is 3.66. The van der Waals surface area contributed by atoms with Crippen LogP contribution in [0.5, 0.6) is 0 Å². The molecule has 0 aliphatic heterocycles. The van der Waals surface area contributed by atoms with E-state index in [1.54, 1.807) is 0 Å². The van der Waals surface area contributed by atoms with Crippen LogP contribution in [0.2, 0.25) is 0 Å². The first-order chi connectivity index (χ1) is 8.81. The van der Waals surface area contributed by atoms with Crippen LogP contribution in [0.4, 0.5) is 5.69 Å². The molecule has 0 saturated heterocycles. The predicted octanol–water partition coefficient (Wildman–Crippen LogP) is 2.88. The molecule has 0 unspecified atom stereocenters. The number of hydrogen-bond donors (Lipinski definition) is 1. The van der Waals surface area contributed by atoms with Crippen molar-refractivity contribution < 1.29 is 5.11 Å². The first-order valence-corrected chi connectivity index (χ1v) is 6.66. The van der Waals surface area contributed by atoms with E-state index in [0.717, 1.165) is 11.5 Å². The highest BCUT2D eigenvalue weighted by molar-refractivity contribution is 5.51. The number of nitrogens with zero attached hydrogens (tertiary/aromatic N) is 3. The normalized spacial score (nSPS) is 11.7. The lowest BCUT2D eigenvalue weighted by atomic mass is 10.0. The third kappa shape index (κ3) is 3.77. The standard InChI is InChI=1S/C15H25N3O/c1-7-8-18(15(4,5)6)13-9-16-14(11(2)3)17-12(13)10-19/h7,9,11,19H,1,8,10H2,2-6H3. The van der Waals surface area contributed by atoms with Gasteiger partial charge >= 0.3 is 0 Å². The number of rotatable bonds is 5. The Hall–Kier alpha value is -1.42. The van der Waals surface area contributed by atoms with Crippen molar-refractivity contribution in [3.63, 3.8) is 0 Å². The lowest BCUT2D eigenvalue weighted by Crippen LogP contribution is -2.42. The van der Waals surface area contributed by atoms with Crippen LogP contribution in [0.15, 0.2) is 18.9 Å². The van der Waals surface area contributed by atoms with E-state index < -0.39 is 0 Å². The van der Waals surface area contributed by atoms with Gasteiger partial charge in [-0.1, -0.05) is 19.9 Å². The Labute approximate surface area is 116 Å². The zero-order valence-electron chi connectivity index (χ0n) is 12.6. The van der Waals surface area contributed by atoms with E-state index >= 15 is 0 Å². The van der Waals surface area contributed by atoms with Gasteiger partial charge in [-0.25, -0.2) is 9.97 Å². The highest BCUT2D eigenvalue weighted by atomic mass is 16.3. The number of aromatic nitrogens is 2. The highest BCUT2D eigenvalue weighted by Gasteiger charge is 2.24. The molecule has 0 amide bonds. The van der Waals surface area contributed by atoms with Gasteiger partial charge in [0.25, 0.3) is 0 Å². The molecule has 0 aliphatic carbocycles. The molecule has 0 fully saturated rings. The van der Waals surface area contributed by atoms with Crippen LogP contribution in [0.3, 0.4) is 0 Å². The van der Waals surface area contributed by atoms with Crippen LogP contribution < -0.4 is 4.90 Å².